The molecule has 1 nitrogen and oxygen atoms in total. The van der Waals surface area contributed by atoms with E-state index in [2.05, 4.69) is 18.4 Å². The summed E-state index contributed by atoms with van der Waals surface area (Å²) >= 11 is 0. The molecule has 0 amide bonds. The number of hydrogen-bond donors (Lipinski definition) is 1. The molecule has 0 radical (unpaired) electrons. The second-order valence-electron chi connectivity index (χ2n) is 5.07. The summed E-state index contributed by atoms with van der Waals surface area (Å²) in [4.78, 5) is 0. The monoisotopic (exact) mass is 260 g/mol. The molecule has 2 aromatic carbocycles. The zero-order valence-corrected chi connectivity index (χ0v) is 11.5. The van der Waals surface area contributed by atoms with Crippen molar-refractivity contribution in [3.05, 3.63) is 77.4 Å². The zero-order valence-electron chi connectivity index (χ0n) is 11.5. The van der Waals surface area contributed by atoms with Gasteiger partial charge in [-0.1, -0.05) is 61.0 Å². The van der Waals surface area contributed by atoms with Crippen molar-refractivity contribution in [2.75, 3.05) is 0 Å². The first kappa shape index (κ1) is 12.7. The third-order valence-electron chi connectivity index (χ3n) is 3.81. The molecule has 0 saturated heterocycles. The highest BCUT2D eigenvalue weighted by atomic mass is 16.3. The minimum absolute atomic E-state index is 0.737. The normalized spacial score (nSPS) is 20.2. The van der Waals surface area contributed by atoms with Crippen LogP contribution in [0.1, 0.15) is 29.2 Å². The van der Waals surface area contributed by atoms with Crippen LogP contribution in [0.4, 0.5) is 0 Å². The Balaban J connectivity index is 2.40. The van der Waals surface area contributed by atoms with Gasteiger partial charge in [0.2, 0.25) is 0 Å². The summed E-state index contributed by atoms with van der Waals surface area (Å²) < 4.78 is 0. The molecular formula is C19H16O. The molecule has 1 N–H and O–H groups in total. The van der Waals surface area contributed by atoms with Gasteiger partial charge >= 0.3 is 0 Å². The molecule has 0 spiro atoms. The SMILES string of the molecule is C=C1Cc2ccccc2C(O)(C#CC)c2ccccc21. The van der Waals surface area contributed by atoms with Crippen LogP contribution in [0, 0.1) is 11.8 Å². The highest BCUT2D eigenvalue weighted by Gasteiger charge is 2.36. The first-order valence-corrected chi connectivity index (χ1v) is 6.69. The van der Waals surface area contributed by atoms with Crippen LogP contribution in [0.15, 0.2) is 55.1 Å². The summed E-state index contributed by atoms with van der Waals surface area (Å²) in [5.41, 5.74) is 3.51. The highest BCUT2D eigenvalue weighted by Crippen LogP contribution is 2.40. The van der Waals surface area contributed by atoms with Gasteiger partial charge in [0, 0.05) is 11.1 Å². The predicted molar refractivity (Wildman–Crippen MR) is 82.1 cm³/mol. The smallest absolute Gasteiger partial charge is 0.177 e. The molecule has 0 bridgehead atoms. The minimum atomic E-state index is -1.26. The molecule has 1 atom stereocenters. The summed E-state index contributed by atoms with van der Waals surface area (Å²) in [5, 5.41) is 11.3. The van der Waals surface area contributed by atoms with Crippen LogP contribution in [0.2, 0.25) is 0 Å². The first-order chi connectivity index (χ1) is 9.66. The zero-order chi connectivity index (χ0) is 14.2. The average Bonchev–Trinajstić information content (AvgIpc) is 2.56. The number of allylic oxidation sites excluding steroid dienone is 1. The van der Waals surface area contributed by atoms with Crippen LogP contribution < -0.4 is 0 Å². The number of aliphatic hydroxyl groups is 1. The Kier molecular flexibility index (Phi) is 2.97. The molecule has 1 aliphatic rings. The van der Waals surface area contributed by atoms with Crippen molar-refractivity contribution in [3.63, 3.8) is 0 Å². The van der Waals surface area contributed by atoms with Crippen molar-refractivity contribution in [3.8, 4) is 11.8 Å². The lowest BCUT2D eigenvalue weighted by atomic mass is 9.84. The lowest BCUT2D eigenvalue weighted by molar-refractivity contribution is 0.144. The highest BCUT2D eigenvalue weighted by molar-refractivity contribution is 5.74. The van der Waals surface area contributed by atoms with Crippen LogP contribution in [0.3, 0.4) is 0 Å². The van der Waals surface area contributed by atoms with Gasteiger partial charge in [-0.2, -0.15) is 0 Å². The van der Waals surface area contributed by atoms with Crippen molar-refractivity contribution in [2.24, 2.45) is 0 Å². The minimum Gasteiger partial charge on any atom is -0.369 e. The molecule has 0 saturated carbocycles. The Morgan fingerprint density at radius 2 is 1.70 bits per heavy atom. The second kappa shape index (κ2) is 4.67. The van der Waals surface area contributed by atoms with Gasteiger partial charge in [-0.25, -0.2) is 0 Å². The summed E-state index contributed by atoms with van der Waals surface area (Å²) in [7, 11) is 0. The number of rotatable bonds is 0. The standard InChI is InChI=1S/C19H16O/c1-3-12-19(20)17-10-6-4-8-15(17)13-14(2)16-9-5-7-11-18(16)19/h4-11,20H,2,13H2,1H3. The molecule has 1 aliphatic carbocycles. The molecule has 3 rings (SSSR count). The fourth-order valence-corrected chi connectivity index (χ4v) is 2.92. The maximum atomic E-state index is 11.3. The largest absolute Gasteiger partial charge is 0.369 e. The van der Waals surface area contributed by atoms with E-state index >= 15 is 0 Å². The number of hydrogen-bond acceptors (Lipinski definition) is 1. The third kappa shape index (κ3) is 1.78. The Morgan fingerprint density at radius 3 is 2.45 bits per heavy atom. The van der Waals surface area contributed by atoms with Gasteiger partial charge < -0.3 is 5.11 Å². The van der Waals surface area contributed by atoms with E-state index in [0.29, 0.717) is 0 Å². The quantitative estimate of drug-likeness (QED) is 0.719. The van der Waals surface area contributed by atoms with Crippen molar-refractivity contribution in [1.29, 1.82) is 0 Å². The van der Waals surface area contributed by atoms with E-state index in [-0.39, 0.29) is 0 Å². The van der Waals surface area contributed by atoms with Gasteiger partial charge in [0.05, 0.1) is 0 Å². The van der Waals surface area contributed by atoms with Crippen LogP contribution in [0.25, 0.3) is 5.57 Å². The molecule has 98 valence electrons. The van der Waals surface area contributed by atoms with E-state index in [1.807, 2.05) is 48.5 Å². The summed E-state index contributed by atoms with van der Waals surface area (Å²) in [6.45, 7) is 5.93. The van der Waals surface area contributed by atoms with Crippen LogP contribution in [-0.4, -0.2) is 5.11 Å². The van der Waals surface area contributed by atoms with Crippen molar-refractivity contribution < 1.29 is 5.11 Å². The summed E-state index contributed by atoms with van der Waals surface area (Å²) in [6, 6.07) is 15.8. The molecule has 0 aliphatic heterocycles. The molecule has 0 heterocycles. The van der Waals surface area contributed by atoms with Gasteiger partial charge in [0.15, 0.2) is 5.60 Å². The Morgan fingerprint density at radius 1 is 1.05 bits per heavy atom. The van der Waals surface area contributed by atoms with E-state index in [4.69, 9.17) is 0 Å². The van der Waals surface area contributed by atoms with Crippen LogP contribution in [0.5, 0.6) is 0 Å². The fraction of sp³-hybridized carbons (Fsp3) is 0.158. The fourth-order valence-electron chi connectivity index (χ4n) is 2.92. The number of fused-ring (bicyclic) bond motifs is 2. The van der Waals surface area contributed by atoms with Crippen LogP contribution in [-0.2, 0) is 12.0 Å². The second-order valence-corrected chi connectivity index (χ2v) is 5.07. The molecular weight excluding hydrogens is 244 g/mol. The summed E-state index contributed by atoms with van der Waals surface area (Å²) in [5.74, 6) is 5.87. The Labute approximate surface area is 119 Å². The molecule has 1 heteroatoms. The number of benzene rings is 2. The Hall–Kier alpha value is -2.30. The first-order valence-electron chi connectivity index (χ1n) is 6.69. The topological polar surface area (TPSA) is 20.2 Å². The molecule has 0 aromatic heterocycles. The van der Waals surface area contributed by atoms with Gasteiger partial charge in [-0.15, -0.1) is 5.92 Å². The third-order valence-corrected chi connectivity index (χ3v) is 3.81. The molecule has 0 fully saturated rings. The molecule has 20 heavy (non-hydrogen) atoms. The van der Waals surface area contributed by atoms with Crippen molar-refractivity contribution in [2.45, 2.75) is 18.9 Å². The Bertz CT molecular complexity index is 746. The van der Waals surface area contributed by atoms with Crippen LogP contribution >= 0.6 is 0 Å². The van der Waals surface area contributed by atoms with Gasteiger partial charge in [-0.3, -0.25) is 0 Å². The van der Waals surface area contributed by atoms with Gasteiger partial charge in [0.1, 0.15) is 0 Å². The van der Waals surface area contributed by atoms with E-state index in [1.54, 1.807) is 6.92 Å². The maximum absolute atomic E-state index is 11.3. The van der Waals surface area contributed by atoms with E-state index < -0.39 is 5.60 Å². The van der Waals surface area contributed by atoms with E-state index in [1.165, 1.54) is 0 Å². The molecule has 1 unspecified atom stereocenters. The lowest BCUT2D eigenvalue weighted by Crippen LogP contribution is -2.26. The predicted octanol–water partition coefficient (Wildman–Crippen LogP) is 3.52. The average molecular weight is 260 g/mol. The van der Waals surface area contributed by atoms with E-state index in [9.17, 15) is 5.11 Å². The van der Waals surface area contributed by atoms with E-state index in [0.717, 1.165) is 34.2 Å². The summed E-state index contributed by atoms with van der Waals surface area (Å²) in [6.07, 6.45) is 0.737. The lowest BCUT2D eigenvalue weighted by Gasteiger charge is -2.25. The molecule has 2 aromatic rings. The van der Waals surface area contributed by atoms with Crippen molar-refractivity contribution in [1.82, 2.24) is 0 Å². The maximum Gasteiger partial charge on any atom is 0.177 e. The van der Waals surface area contributed by atoms with Crippen molar-refractivity contribution >= 4 is 5.57 Å². The van der Waals surface area contributed by atoms with Gasteiger partial charge in [-0.05, 0) is 30.0 Å². The van der Waals surface area contributed by atoms with Gasteiger partial charge in [0.25, 0.3) is 0 Å².